The third-order valence-electron chi connectivity index (χ3n) is 3.15. The fraction of sp³-hybridized carbons (Fsp3) is 0.308. The predicted octanol–water partition coefficient (Wildman–Crippen LogP) is 1.97. The molecule has 21 heavy (non-hydrogen) atoms. The highest BCUT2D eigenvalue weighted by molar-refractivity contribution is 5.73. The quantitative estimate of drug-likeness (QED) is 0.605. The maximum atomic E-state index is 12.0. The lowest BCUT2D eigenvalue weighted by Crippen LogP contribution is -2.41. The Kier molecular flexibility index (Phi) is 4.00. The maximum absolute atomic E-state index is 12.0. The summed E-state index contributed by atoms with van der Waals surface area (Å²) in [6.45, 7) is 0. The van der Waals surface area contributed by atoms with E-state index in [2.05, 4.69) is 0 Å². The molecule has 1 aromatic carbocycles. The van der Waals surface area contributed by atoms with Gasteiger partial charge in [-0.3, -0.25) is 15.0 Å². The van der Waals surface area contributed by atoms with Crippen molar-refractivity contribution in [1.29, 1.82) is 10.5 Å². The van der Waals surface area contributed by atoms with Crippen molar-refractivity contribution in [2.75, 3.05) is 0 Å². The Labute approximate surface area is 119 Å². The number of hydrogen-bond acceptors (Lipinski definition) is 6. The second-order valence-corrected chi connectivity index (χ2v) is 4.39. The number of carbonyl (C=O) groups is 1. The normalized spacial score (nSPS) is 20.4. The molecule has 1 aliphatic heterocycles. The first-order valence-corrected chi connectivity index (χ1v) is 6.10. The van der Waals surface area contributed by atoms with Crippen molar-refractivity contribution < 1.29 is 14.5 Å². The van der Waals surface area contributed by atoms with Crippen LogP contribution in [0.1, 0.15) is 12.8 Å². The number of nitro groups is 1. The van der Waals surface area contributed by atoms with Gasteiger partial charge in [-0.2, -0.15) is 10.5 Å². The van der Waals surface area contributed by atoms with E-state index in [1.807, 2.05) is 12.1 Å². The predicted molar refractivity (Wildman–Crippen MR) is 69.0 cm³/mol. The van der Waals surface area contributed by atoms with Crippen LogP contribution in [0.15, 0.2) is 24.3 Å². The molecule has 0 N–H and O–H groups in total. The molecular weight excluding hydrogens is 276 g/mol. The zero-order valence-corrected chi connectivity index (χ0v) is 10.8. The highest BCUT2D eigenvalue weighted by Gasteiger charge is 2.38. The highest BCUT2D eigenvalue weighted by Crippen LogP contribution is 2.25. The smallest absolute Gasteiger partial charge is 0.410 e. The van der Waals surface area contributed by atoms with Crippen molar-refractivity contribution >= 4 is 11.8 Å². The lowest BCUT2D eigenvalue weighted by Gasteiger charge is -2.21. The Morgan fingerprint density at radius 3 is 2.19 bits per heavy atom. The first-order chi connectivity index (χ1) is 10.1. The minimum atomic E-state index is -0.806. The lowest BCUT2D eigenvalue weighted by molar-refractivity contribution is -0.384. The molecule has 2 rings (SSSR count). The third kappa shape index (κ3) is 2.90. The number of likely N-dealkylation sites (tertiary alicyclic amines) is 1. The van der Waals surface area contributed by atoms with Gasteiger partial charge >= 0.3 is 6.09 Å². The number of nitrogens with zero attached hydrogens (tertiary/aromatic N) is 4. The molecule has 1 aliphatic rings. The Morgan fingerprint density at radius 2 is 1.76 bits per heavy atom. The van der Waals surface area contributed by atoms with Gasteiger partial charge in [0, 0.05) is 12.1 Å². The molecule has 0 spiro atoms. The van der Waals surface area contributed by atoms with Crippen LogP contribution in [-0.2, 0) is 0 Å². The minimum Gasteiger partial charge on any atom is -0.410 e. The van der Waals surface area contributed by atoms with E-state index in [-0.39, 0.29) is 11.4 Å². The molecule has 1 fully saturated rings. The topological polar surface area (TPSA) is 120 Å². The summed E-state index contributed by atoms with van der Waals surface area (Å²) in [5.74, 6) is 0.117. The molecule has 0 unspecified atom stereocenters. The molecule has 2 atom stereocenters. The Bertz CT molecular complexity index is 622. The van der Waals surface area contributed by atoms with Gasteiger partial charge in [-0.05, 0) is 25.0 Å². The van der Waals surface area contributed by atoms with Crippen LogP contribution in [0.2, 0.25) is 0 Å². The second-order valence-electron chi connectivity index (χ2n) is 4.39. The SMILES string of the molecule is N#C[C@@H]1CC[C@H](C#N)N1C(=O)Oc1ccc([N+](=O)[O-])cc1. The lowest BCUT2D eigenvalue weighted by atomic mass is 10.2. The molecule has 1 amide bonds. The molecule has 0 saturated carbocycles. The van der Waals surface area contributed by atoms with Crippen LogP contribution in [0.25, 0.3) is 0 Å². The van der Waals surface area contributed by atoms with E-state index >= 15 is 0 Å². The van der Waals surface area contributed by atoms with Gasteiger partial charge in [0.1, 0.15) is 17.8 Å². The molecule has 0 aliphatic carbocycles. The van der Waals surface area contributed by atoms with Gasteiger partial charge < -0.3 is 4.74 Å². The van der Waals surface area contributed by atoms with Crippen molar-refractivity contribution in [3.8, 4) is 17.9 Å². The van der Waals surface area contributed by atoms with Crippen LogP contribution in [0.4, 0.5) is 10.5 Å². The molecule has 0 aromatic heterocycles. The average Bonchev–Trinajstić information content (AvgIpc) is 2.90. The van der Waals surface area contributed by atoms with Crippen molar-refractivity contribution in [2.24, 2.45) is 0 Å². The molecule has 8 nitrogen and oxygen atoms in total. The number of ether oxygens (including phenoxy) is 1. The molecule has 106 valence electrons. The van der Waals surface area contributed by atoms with Crippen LogP contribution < -0.4 is 4.74 Å². The zero-order chi connectivity index (χ0) is 15.4. The number of amides is 1. The van der Waals surface area contributed by atoms with E-state index in [0.717, 1.165) is 4.90 Å². The summed E-state index contributed by atoms with van der Waals surface area (Å²) < 4.78 is 5.06. The van der Waals surface area contributed by atoms with E-state index < -0.39 is 23.1 Å². The molecule has 1 saturated heterocycles. The van der Waals surface area contributed by atoms with Crippen LogP contribution in [0, 0.1) is 32.8 Å². The van der Waals surface area contributed by atoms with Crippen molar-refractivity contribution in [3.63, 3.8) is 0 Å². The van der Waals surface area contributed by atoms with E-state index in [4.69, 9.17) is 15.3 Å². The fourth-order valence-corrected chi connectivity index (χ4v) is 2.11. The second kappa shape index (κ2) is 5.88. The van der Waals surface area contributed by atoms with E-state index in [1.165, 1.54) is 24.3 Å². The average molecular weight is 286 g/mol. The van der Waals surface area contributed by atoms with E-state index in [1.54, 1.807) is 0 Å². The first-order valence-electron chi connectivity index (χ1n) is 6.10. The van der Waals surface area contributed by atoms with Crippen molar-refractivity contribution in [2.45, 2.75) is 24.9 Å². The first kappa shape index (κ1) is 14.3. The van der Waals surface area contributed by atoms with Gasteiger partial charge in [0.15, 0.2) is 0 Å². The largest absolute Gasteiger partial charge is 0.417 e. The molecule has 1 aromatic rings. The Balaban J connectivity index is 2.12. The highest BCUT2D eigenvalue weighted by atomic mass is 16.6. The van der Waals surface area contributed by atoms with Crippen LogP contribution in [0.5, 0.6) is 5.75 Å². The number of carbonyl (C=O) groups excluding carboxylic acids is 1. The summed E-state index contributed by atoms with van der Waals surface area (Å²) in [4.78, 5) is 23.1. The van der Waals surface area contributed by atoms with Crippen LogP contribution >= 0.6 is 0 Å². The van der Waals surface area contributed by atoms with Gasteiger partial charge in [0.05, 0.1) is 17.1 Å². The number of nitro benzene ring substituents is 1. The van der Waals surface area contributed by atoms with E-state index in [9.17, 15) is 14.9 Å². The number of benzene rings is 1. The summed E-state index contributed by atoms with van der Waals surface area (Å²) in [7, 11) is 0. The Hall–Kier alpha value is -3.13. The molecule has 0 radical (unpaired) electrons. The summed E-state index contributed by atoms with van der Waals surface area (Å²) in [5, 5.41) is 28.5. The number of nitriles is 2. The third-order valence-corrected chi connectivity index (χ3v) is 3.15. The molecule has 0 bridgehead atoms. The van der Waals surface area contributed by atoms with Gasteiger partial charge in [0.2, 0.25) is 0 Å². The number of non-ortho nitro benzene ring substituents is 1. The standard InChI is InChI=1S/C13H10N4O4/c14-7-10-1-2-11(8-15)16(10)13(18)21-12-5-3-9(4-6-12)17(19)20/h3-6,10-11H,1-2H2/t10-,11+. The molecule has 1 heterocycles. The zero-order valence-electron chi connectivity index (χ0n) is 10.8. The van der Waals surface area contributed by atoms with Crippen LogP contribution in [0.3, 0.4) is 0 Å². The summed E-state index contributed by atoms with van der Waals surface area (Å²) in [6.07, 6.45) is 0.0354. The van der Waals surface area contributed by atoms with E-state index in [0.29, 0.717) is 12.8 Å². The fourth-order valence-electron chi connectivity index (χ4n) is 2.11. The maximum Gasteiger partial charge on any atom is 0.417 e. The number of rotatable bonds is 2. The van der Waals surface area contributed by atoms with Crippen molar-refractivity contribution in [1.82, 2.24) is 4.90 Å². The molecule has 8 heteroatoms. The Morgan fingerprint density at radius 1 is 1.24 bits per heavy atom. The van der Waals surface area contributed by atoms with Crippen molar-refractivity contribution in [3.05, 3.63) is 34.4 Å². The monoisotopic (exact) mass is 286 g/mol. The van der Waals surface area contributed by atoms with Gasteiger partial charge in [-0.1, -0.05) is 0 Å². The van der Waals surface area contributed by atoms with Crippen LogP contribution in [-0.4, -0.2) is 28.0 Å². The minimum absolute atomic E-state index is 0.117. The van der Waals surface area contributed by atoms with Gasteiger partial charge in [-0.25, -0.2) is 4.79 Å². The van der Waals surface area contributed by atoms with Gasteiger partial charge in [0.25, 0.3) is 5.69 Å². The molecular formula is C13H10N4O4. The summed E-state index contributed by atoms with van der Waals surface area (Å²) in [5.41, 5.74) is -0.124. The summed E-state index contributed by atoms with van der Waals surface area (Å²) >= 11 is 0. The van der Waals surface area contributed by atoms with Gasteiger partial charge in [-0.15, -0.1) is 0 Å². The number of hydrogen-bond donors (Lipinski definition) is 0. The summed E-state index contributed by atoms with van der Waals surface area (Å²) in [6, 6.07) is 7.50.